The highest BCUT2D eigenvalue weighted by Gasteiger charge is 2.39. The van der Waals surface area contributed by atoms with Gasteiger partial charge < -0.3 is 14.7 Å². The molecule has 7 nitrogen and oxygen atoms in total. The number of hydrogen-bond acceptors (Lipinski definition) is 5. The molecule has 0 bridgehead atoms. The maximum atomic E-state index is 13.6. The molecule has 1 fully saturated rings. The predicted octanol–water partition coefficient (Wildman–Crippen LogP) is 3.28. The second-order valence-corrected chi connectivity index (χ2v) is 11.7. The topological polar surface area (TPSA) is 87.2 Å². The first-order valence-corrected chi connectivity index (χ1v) is 13.5. The van der Waals surface area contributed by atoms with E-state index in [0.29, 0.717) is 12.3 Å². The first-order valence-electron chi connectivity index (χ1n) is 12.1. The van der Waals surface area contributed by atoms with E-state index in [1.807, 2.05) is 19.1 Å². The third-order valence-electron chi connectivity index (χ3n) is 7.09. The average molecular weight is 477 g/mol. The molecular weight excluding hydrogens is 440 g/mol. The Kier molecular flexibility index (Phi) is 7.17. The lowest BCUT2D eigenvalue weighted by molar-refractivity contribution is -0.132. The van der Waals surface area contributed by atoms with Gasteiger partial charge in [0, 0.05) is 31.5 Å². The number of fused-ring (bicyclic) bond motifs is 1. The molecule has 1 aromatic rings. The number of rotatable bonds is 6. The summed E-state index contributed by atoms with van der Waals surface area (Å²) >= 11 is 0. The number of ether oxygens (including phenoxy) is 1. The Balaban J connectivity index is 1.73. The van der Waals surface area contributed by atoms with Gasteiger partial charge in [-0.15, -0.1) is 0 Å². The number of sulfonamides is 1. The maximum absolute atomic E-state index is 13.6. The molecule has 182 valence electrons. The van der Waals surface area contributed by atoms with Gasteiger partial charge in [-0.3, -0.25) is 4.79 Å². The van der Waals surface area contributed by atoms with Gasteiger partial charge in [-0.1, -0.05) is 19.1 Å². The lowest BCUT2D eigenvalue weighted by Crippen LogP contribution is -2.50. The van der Waals surface area contributed by atoms with Crippen molar-refractivity contribution in [2.75, 3.05) is 26.7 Å². The normalized spacial score (nSPS) is 26.2. The van der Waals surface area contributed by atoms with Crippen molar-refractivity contribution in [2.24, 2.45) is 11.8 Å². The third-order valence-corrected chi connectivity index (χ3v) is 9.11. The van der Waals surface area contributed by atoms with Crippen LogP contribution in [0.25, 0.3) is 5.57 Å². The van der Waals surface area contributed by atoms with Gasteiger partial charge in [-0.25, -0.2) is 8.42 Å². The van der Waals surface area contributed by atoms with E-state index in [0.717, 1.165) is 37.7 Å². The fourth-order valence-corrected chi connectivity index (χ4v) is 6.57. The fourth-order valence-electron chi connectivity index (χ4n) is 4.75. The second kappa shape index (κ2) is 9.76. The number of allylic oxidation sites excluding steroid dienone is 2. The molecule has 0 radical (unpaired) electrons. The predicted molar refractivity (Wildman–Crippen MR) is 127 cm³/mol. The number of amides is 1. The van der Waals surface area contributed by atoms with Crippen molar-refractivity contribution in [1.29, 1.82) is 0 Å². The smallest absolute Gasteiger partial charge is 0.247 e. The van der Waals surface area contributed by atoms with Crippen LogP contribution in [0.4, 0.5) is 0 Å². The van der Waals surface area contributed by atoms with E-state index >= 15 is 0 Å². The number of carbonyl (C=O) groups is 1. The van der Waals surface area contributed by atoms with E-state index in [-0.39, 0.29) is 41.9 Å². The molecule has 0 unspecified atom stereocenters. The average Bonchev–Trinajstić information content (AvgIpc) is 3.66. The van der Waals surface area contributed by atoms with Gasteiger partial charge in [0.2, 0.25) is 15.9 Å². The highest BCUT2D eigenvalue weighted by molar-refractivity contribution is 7.89. The number of likely N-dealkylation sites (N-methyl/N-ethyl adjacent to an activating group) is 1. The molecule has 1 heterocycles. The van der Waals surface area contributed by atoms with Crippen LogP contribution in [0.15, 0.2) is 29.2 Å². The lowest BCUT2D eigenvalue weighted by Gasteiger charge is -2.37. The third kappa shape index (κ3) is 5.12. The number of carbonyl (C=O) groups excluding carboxylic acids is 1. The summed E-state index contributed by atoms with van der Waals surface area (Å²) < 4.78 is 35.0. The summed E-state index contributed by atoms with van der Waals surface area (Å²) in [7, 11) is -2.06. The van der Waals surface area contributed by atoms with Gasteiger partial charge in [-0.05, 0) is 68.7 Å². The van der Waals surface area contributed by atoms with Crippen molar-refractivity contribution >= 4 is 21.5 Å². The molecule has 1 amide bonds. The van der Waals surface area contributed by atoms with Crippen molar-refractivity contribution in [2.45, 2.75) is 69.4 Å². The Bertz CT molecular complexity index is 1020. The zero-order valence-corrected chi connectivity index (χ0v) is 20.7. The van der Waals surface area contributed by atoms with Crippen LogP contribution in [0.1, 0.15) is 57.9 Å². The first kappa shape index (κ1) is 24.2. The minimum absolute atomic E-state index is 0.113. The van der Waals surface area contributed by atoms with Crippen molar-refractivity contribution in [3.63, 3.8) is 0 Å². The number of aliphatic hydroxyl groups is 1. The quantitative estimate of drug-likeness (QED) is 0.681. The molecule has 1 N–H and O–H groups in total. The minimum Gasteiger partial charge on any atom is -0.487 e. The van der Waals surface area contributed by atoms with Crippen molar-refractivity contribution in [3.8, 4) is 5.75 Å². The Hall–Kier alpha value is -1.90. The van der Waals surface area contributed by atoms with E-state index < -0.39 is 16.1 Å². The van der Waals surface area contributed by atoms with Crippen LogP contribution in [0.3, 0.4) is 0 Å². The standard InChI is InChI=1S/C25H36N2O5S/c1-17-14-27(18(2)16-28)33(30,31)24-12-11-21(19-7-5-4-6-8-19)13-22(24)32-23(17)15-26(3)25(29)20-9-10-20/h7,11-13,17-18,20,23,28H,4-6,8-10,14-16H2,1-3H3/t17-,18-,23+/m0/s1. The molecule has 2 aliphatic carbocycles. The van der Waals surface area contributed by atoms with E-state index in [1.165, 1.54) is 16.3 Å². The Morgan fingerprint density at radius 2 is 2.06 bits per heavy atom. The summed E-state index contributed by atoms with van der Waals surface area (Å²) in [5.41, 5.74) is 2.21. The van der Waals surface area contributed by atoms with E-state index in [4.69, 9.17) is 4.74 Å². The van der Waals surface area contributed by atoms with Gasteiger partial charge in [0.15, 0.2) is 0 Å². The van der Waals surface area contributed by atoms with E-state index in [2.05, 4.69) is 6.08 Å². The summed E-state index contributed by atoms with van der Waals surface area (Å²) in [6.07, 6.45) is 8.03. The van der Waals surface area contributed by atoms with E-state index in [9.17, 15) is 18.3 Å². The van der Waals surface area contributed by atoms with Crippen LogP contribution in [-0.2, 0) is 14.8 Å². The van der Waals surface area contributed by atoms with E-state index in [1.54, 1.807) is 24.9 Å². The highest BCUT2D eigenvalue weighted by atomic mass is 32.2. The van der Waals surface area contributed by atoms with Crippen LogP contribution < -0.4 is 4.74 Å². The molecule has 4 rings (SSSR count). The summed E-state index contributed by atoms with van der Waals surface area (Å²) in [5, 5.41) is 9.78. The van der Waals surface area contributed by atoms with Crippen LogP contribution in [-0.4, -0.2) is 67.5 Å². The van der Waals surface area contributed by atoms with Gasteiger partial charge in [0.25, 0.3) is 0 Å². The summed E-state index contributed by atoms with van der Waals surface area (Å²) in [6, 6.07) is 4.79. The minimum atomic E-state index is -3.86. The molecule has 0 saturated heterocycles. The fraction of sp³-hybridized carbons (Fsp3) is 0.640. The SMILES string of the molecule is C[C@H]1CN([C@@H](C)CO)S(=O)(=O)c2ccc(C3=CCCCC3)cc2O[C@@H]1CN(C)C(=O)C1CC1. The molecule has 0 aromatic heterocycles. The molecule has 3 aliphatic rings. The lowest BCUT2D eigenvalue weighted by atomic mass is 9.93. The van der Waals surface area contributed by atoms with Crippen LogP contribution >= 0.6 is 0 Å². The van der Waals surface area contributed by atoms with Gasteiger partial charge in [0.05, 0.1) is 13.2 Å². The van der Waals surface area contributed by atoms with Gasteiger partial charge in [-0.2, -0.15) is 4.31 Å². The number of aliphatic hydroxyl groups excluding tert-OH is 1. The molecule has 3 atom stereocenters. The van der Waals surface area contributed by atoms with Crippen LogP contribution in [0, 0.1) is 11.8 Å². The molecule has 1 saturated carbocycles. The maximum Gasteiger partial charge on any atom is 0.247 e. The molecule has 1 aromatic carbocycles. The summed E-state index contributed by atoms with van der Waals surface area (Å²) in [4.78, 5) is 14.4. The molecule has 1 aliphatic heterocycles. The summed E-state index contributed by atoms with van der Waals surface area (Å²) in [5.74, 6) is 0.400. The van der Waals surface area contributed by atoms with Crippen LogP contribution in [0.5, 0.6) is 5.75 Å². The Labute approximate surface area is 197 Å². The summed E-state index contributed by atoms with van der Waals surface area (Å²) in [6.45, 7) is 4.01. The van der Waals surface area contributed by atoms with Gasteiger partial charge in [0.1, 0.15) is 16.7 Å². The number of nitrogens with zero attached hydrogens (tertiary/aromatic N) is 2. The molecule has 33 heavy (non-hydrogen) atoms. The Morgan fingerprint density at radius 3 is 2.70 bits per heavy atom. The monoisotopic (exact) mass is 476 g/mol. The number of benzene rings is 1. The van der Waals surface area contributed by atoms with Crippen molar-refractivity contribution in [3.05, 3.63) is 29.8 Å². The zero-order chi connectivity index (χ0) is 23.8. The highest BCUT2D eigenvalue weighted by Crippen LogP contribution is 2.37. The van der Waals surface area contributed by atoms with Crippen LogP contribution in [0.2, 0.25) is 0 Å². The number of hydrogen-bond donors (Lipinski definition) is 1. The zero-order valence-electron chi connectivity index (χ0n) is 19.9. The Morgan fingerprint density at radius 1 is 1.30 bits per heavy atom. The second-order valence-electron chi connectivity index (χ2n) is 9.87. The first-order chi connectivity index (χ1) is 15.7. The molecule has 8 heteroatoms. The van der Waals surface area contributed by atoms with Gasteiger partial charge >= 0.3 is 0 Å². The molecule has 0 spiro atoms. The molecular formula is C25H36N2O5S. The van der Waals surface area contributed by atoms with Crippen molar-refractivity contribution in [1.82, 2.24) is 9.21 Å². The van der Waals surface area contributed by atoms with Crippen molar-refractivity contribution < 1.29 is 23.1 Å². The largest absolute Gasteiger partial charge is 0.487 e.